The molecule has 0 N–H and O–H groups in total. The molecule has 2 atom stereocenters. The van der Waals surface area contributed by atoms with Gasteiger partial charge in [0.15, 0.2) is 0 Å². The fourth-order valence-corrected chi connectivity index (χ4v) is 5.76. The molecule has 4 rings (SSSR count). The van der Waals surface area contributed by atoms with Crippen molar-refractivity contribution < 1.29 is 0 Å². The molecule has 2 aromatic carbocycles. The molecule has 0 bridgehead atoms. The number of rotatable bonds is 12. The van der Waals surface area contributed by atoms with E-state index in [0.29, 0.717) is 17.8 Å². The molecule has 0 spiro atoms. The van der Waals surface area contributed by atoms with E-state index in [2.05, 4.69) is 116 Å². The molecule has 0 aromatic heterocycles. The van der Waals surface area contributed by atoms with Crippen LogP contribution in [0.25, 0.3) is 0 Å². The summed E-state index contributed by atoms with van der Waals surface area (Å²) in [5.74, 6) is 1.40. The summed E-state index contributed by atoms with van der Waals surface area (Å²) in [6, 6.07) is 22.6. The van der Waals surface area contributed by atoms with Crippen LogP contribution >= 0.6 is 0 Å². The van der Waals surface area contributed by atoms with Crippen LogP contribution in [0.15, 0.2) is 109 Å². The highest BCUT2D eigenvalue weighted by Gasteiger charge is 2.41. The zero-order valence-electron chi connectivity index (χ0n) is 19.6. The summed E-state index contributed by atoms with van der Waals surface area (Å²) in [7, 11) is 0. The maximum absolute atomic E-state index is 2.45. The molecule has 2 aliphatic carbocycles. The summed E-state index contributed by atoms with van der Waals surface area (Å²) in [6.45, 7) is 2.30. The van der Waals surface area contributed by atoms with Gasteiger partial charge in [0.05, 0.1) is 0 Å². The maximum atomic E-state index is 2.45. The lowest BCUT2D eigenvalue weighted by Crippen LogP contribution is -2.36. The lowest BCUT2D eigenvalue weighted by Gasteiger charge is -2.42. The van der Waals surface area contributed by atoms with E-state index in [0.717, 1.165) is 6.42 Å². The van der Waals surface area contributed by atoms with Crippen molar-refractivity contribution in [2.45, 2.75) is 63.2 Å². The van der Waals surface area contributed by atoms with Gasteiger partial charge in [0.1, 0.15) is 0 Å². The van der Waals surface area contributed by atoms with Crippen LogP contribution < -0.4 is 0 Å². The van der Waals surface area contributed by atoms with Crippen molar-refractivity contribution in [1.29, 1.82) is 0 Å². The molecule has 2 unspecified atom stereocenters. The Bertz CT molecular complexity index is 907. The Morgan fingerprint density at radius 1 is 0.688 bits per heavy atom. The minimum Gasteiger partial charge on any atom is -0.0770 e. The van der Waals surface area contributed by atoms with E-state index in [1.165, 1.54) is 49.7 Å². The molecule has 0 amide bonds. The van der Waals surface area contributed by atoms with Crippen molar-refractivity contribution in [3.05, 3.63) is 120 Å². The van der Waals surface area contributed by atoms with Gasteiger partial charge < -0.3 is 0 Å². The van der Waals surface area contributed by atoms with E-state index in [1.54, 1.807) is 0 Å². The van der Waals surface area contributed by atoms with E-state index in [-0.39, 0.29) is 5.41 Å². The van der Waals surface area contributed by atoms with E-state index < -0.39 is 0 Å². The van der Waals surface area contributed by atoms with Gasteiger partial charge >= 0.3 is 0 Å². The SMILES string of the molecule is CCCCCCCC(CC(c1ccccc1)C1C=CC=C1)(c1ccccc1)C1C=CC=C1. The third kappa shape index (κ3) is 5.23. The average molecular weight is 423 g/mol. The lowest BCUT2D eigenvalue weighted by molar-refractivity contribution is 0.266. The average Bonchev–Trinajstić information content (AvgIpc) is 3.57. The highest BCUT2D eigenvalue weighted by Crippen LogP contribution is 2.49. The van der Waals surface area contributed by atoms with Crippen LogP contribution in [0.2, 0.25) is 0 Å². The second-order valence-corrected chi connectivity index (χ2v) is 9.55. The van der Waals surface area contributed by atoms with Gasteiger partial charge in [0.2, 0.25) is 0 Å². The molecule has 32 heavy (non-hydrogen) atoms. The first kappa shape index (κ1) is 22.6. The van der Waals surface area contributed by atoms with Crippen molar-refractivity contribution in [2.75, 3.05) is 0 Å². The molecular weight excluding hydrogens is 384 g/mol. The van der Waals surface area contributed by atoms with Crippen LogP contribution in [0.4, 0.5) is 0 Å². The highest BCUT2D eigenvalue weighted by molar-refractivity contribution is 5.37. The first-order valence-electron chi connectivity index (χ1n) is 12.6. The Labute approximate surface area is 195 Å². The van der Waals surface area contributed by atoms with Crippen molar-refractivity contribution >= 4 is 0 Å². The quantitative estimate of drug-likeness (QED) is 0.299. The van der Waals surface area contributed by atoms with Gasteiger partial charge in [-0.25, -0.2) is 0 Å². The maximum Gasteiger partial charge on any atom is 0.00567 e. The van der Waals surface area contributed by atoms with Gasteiger partial charge in [0.25, 0.3) is 0 Å². The predicted octanol–water partition coefficient (Wildman–Crippen LogP) is 8.94. The van der Waals surface area contributed by atoms with Crippen LogP contribution in [0.1, 0.15) is 68.9 Å². The molecule has 166 valence electrons. The normalized spacial score (nSPS) is 18.4. The van der Waals surface area contributed by atoms with E-state index in [1.807, 2.05) is 0 Å². The second-order valence-electron chi connectivity index (χ2n) is 9.55. The van der Waals surface area contributed by atoms with Crippen LogP contribution in [0.3, 0.4) is 0 Å². The smallest absolute Gasteiger partial charge is 0.00567 e. The standard InChI is InChI=1S/C32H38/c1-2-3-4-5-16-25-32(30-23-14-15-24-30,29-21-10-7-11-22-29)26-31(28-19-12-13-20-28)27-17-8-6-9-18-27/h6-15,17-24,28,30-31H,2-5,16,25-26H2,1H3. The summed E-state index contributed by atoms with van der Waals surface area (Å²) in [5.41, 5.74) is 3.08. The van der Waals surface area contributed by atoms with Crippen LogP contribution in [-0.4, -0.2) is 0 Å². The Morgan fingerprint density at radius 2 is 1.28 bits per heavy atom. The highest BCUT2D eigenvalue weighted by atomic mass is 14.4. The molecular formula is C32H38. The number of hydrogen-bond acceptors (Lipinski definition) is 0. The van der Waals surface area contributed by atoms with Crippen molar-refractivity contribution in [3.63, 3.8) is 0 Å². The minimum atomic E-state index is 0.113. The number of hydrogen-bond donors (Lipinski definition) is 0. The molecule has 0 saturated carbocycles. The molecule has 0 saturated heterocycles. The van der Waals surface area contributed by atoms with Crippen LogP contribution in [0, 0.1) is 11.8 Å². The Hall–Kier alpha value is -2.60. The summed E-state index contributed by atoms with van der Waals surface area (Å²) >= 11 is 0. The minimum absolute atomic E-state index is 0.113. The first-order chi connectivity index (χ1) is 15.8. The Kier molecular flexibility index (Phi) is 7.99. The van der Waals surface area contributed by atoms with Gasteiger partial charge in [-0.1, -0.05) is 148 Å². The number of unbranched alkanes of at least 4 members (excludes halogenated alkanes) is 4. The summed E-state index contributed by atoms with van der Waals surface area (Å²) in [5, 5.41) is 0. The summed E-state index contributed by atoms with van der Waals surface area (Å²) in [6.07, 6.45) is 27.7. The van der Waals surface area contributed by atoms with Crippen molar-refractivity contribution in [1.82, 2.24) is 0 Å². The van der Waals surface area contributed by atoms with E-state index >= 15 is 0 Å². The molecule has 0 heterocycles. The summed E-state index contributed by atoms with van der Waals surface area (Å²) < 4.78 is 0. The van der Waals surface area contributed by atoms with Crippen molar-refractivity contribution in [3.8, 4) is 0 Å². The molecule has 0 heteroatoms. The third-order valence-corrected chi connectivity index (χ3v) is 7.52. The molecule has 0 nitrogen and oxygen atoms in total. The molecule has 0 fully saturated rings. The number of benzene rings is 2. The van der Waals surface area contributed by atoms with Crippen LogP contribution in [0.5, 0.6) is 0 Å². The van der Waals surface area contributed by atoms with Gasteiger partial charge in [-0.15, -0.1) is 0 Å². The predicted molar refractivity (Wildman–Crippen MR) is 139 cm³/mol. The molecule has 0 radical (unpaired) electrons. The Balaban J connectivity index is 1.72. The fraction of sp³-hybridized carbons (Fsp3) is 0.375. The zero-order valence-corrected chi connectivity index (χ0v) is 19.6. The molecule has 2 aliphatic rings. The largest absolute Gasteiger partial charge is 0.0770 e. The van der Waals surface area contributed by atoms with E-state index in [9.17, 15) is 0 Å². The van der Waals surface area contributed by atoms with Gasteiger partial charge in [0, 0.05) is 17.3 Å². The second kappa shape index (κ2) is 11.3. The first-order valence-corrected chi connectivity index (χ1v) is 12.6. The lowest BCUT2D eigenvalue weighted by atomic mass is 9.61. The van der Waals surface area contributed by atoms with E-state index in [4.69, 9.17) is 0 Å². The molecule has 0 aliphatic heterocycles. The van der Waals surface area contributed by atoms with Gasteiger partial charge in [-0.05, 0) is 29.9 Å². The Morgan fingerprint density at radius 3 is 1.94 bits per heavy atom. The van der Waals surface area contributed by atoms with Gasteiger partial charge in [-0.2, -0.15) is 0 Å². The van der Waals surface area contributed by atoms with Crippen LogP contribution in [-0.2, 0) is 5.41 Å². The third-order valence-electron chi connectivity index (χ3n) is 7.52. The van der Waals surface area contributed by atoms with Crippen molar-refractivity contribution in [2.24, 2.45) is 11.8 Å². The number of allylic oxidation sites excluding steroid dienone is 8. The summed E-state index contributed by atoms with van der Waals surface area (Å²) in [4.78, 5) is 0. The zero-order chi connectivity index (χ0) is 22.1. The topological polar surface area (TPSA) is 0 Å². The monoisotopic (exact) mass is 422 g/mol. The molecule has 2 aromatic rings. The fourth-order valence-electron chi connectivity index (χ4n) is 5.76. The van der Waals surface area contributed by atoms with Gasteiger partial charge in [-0.3, -0.25) is 0 Å².